The number of rotatable bonds is 5. The zero-order valence-corrected chi connectivity index (χ0v) is 13.0. The van der Waals surface area contributed by atoms with Crippen molar-refractivity contribution < 1.29 is 14.6 Å². The molecule has 4 heteroatoms. The van der Waals surface area contributed by atoms with Gasteiger partial charge in [-0.2, -0.15) is 0 Å². The van der Waals surface area contributed by atoms with E-state index in [4.69, 9.17) is 9.84 Å². The predicted molar refractivity (Wildman–Crippen MR) is 80.6 cm³/mol. The standard InChI is InChI=1S/C16H29NO3/c1-16(2,3)20-15(19)17-14(10-7-11-18)12-13-8-5-4-6-9-13/h7,10,13-14,18H,4-6,8-9,11-12H2,1-3H3,(H,17,19)/t14-/m1/s1. The molecule has 0 spiro atoms. The summed E-state index contributed by atoms with van der Waals surface area (Å²) in [6.45, 7) is 5.56. The first-order chi connectivity index (χ1) is 9.40. The molecule has 20 heavy (non-hydrogen) atoms. The average Bonchev–Trinajstić information content (AvgIpc) is 2.35. The van der Waals surface area contributed by atoms with E-state index >= 15 is 0 Å². The van der Waals surface area contributed by atoms with Crippen LogP contribution in [-0.4, -0.2) is 29.4 Å². The zero-order chi connectivity index (χ0) is 15.0. The molecular formula is C16H29NO3. The maximum atomic E-state index is 11.8. The third kappa shape index (κ3) is 7.53. The highest BCUT2D eigenvalue weighted by Gasteiger charge is 2.21. The van der Waals surface area contributed by atoms with Crippen LogP contribution >= 0.6 is 0 Å². The van der Waals surface area contributed by atoms with Gasteiger partial charge < -0.3 is 15.2 Å². The van der Waals surface area contributed by atoms with E-state index in [1.54, 1.807) is 6.08 Å². The zero-order valence-electron chi connectivity index (χ0n) is 13.0. The second-order valence-electron chi connectivity index (χ2n) is 6.60. The van der Waals surface area contributed by atoms with Gasteiger partial charge in [-0.05, 0) is 33.1 Å². The van der Waals surface area contributed by atoms with Crippen LogP contribution in [0.4, 0.5) is 4.79 Å². The Hall–Kier alpha value is -1.03. The van der Waals surface area contributed by atoms with Gasteiger partial charge in [-0.1, -0.05) is 44.3 Å². The first kappa shape index (κ1) is 17.0. The highest BCUT2D eigenvalue weighted by atomic mass is 16.6. The van der Waals surface area contributed by atoms with Gasteiger partial charge in [-0.15, -0.1) is 0 Å². The fourth-order valence-electron chi connectivity index (χ4n) is 2.65. The lowest BCUT2D eigenvalue weighted by atomic mass is 9.85. The Morgan fingerprint density at radius 3 is 2.55 bits per heavy atom. The molecule has 0 bridgehead atoms. The molecule has 1 atom stereocenters. The van der Waals surface area contributed by atoms with Crippen LogP contribution in [0.15, 0.2) is 12.2 Å². The minimum atomic E-state index is -0.486. The molecule has 2 N–H and O–H groups in total. The molecule has 0 aromatic carbocycles. The van der Waals surface area contributed by atoms with Crippen molar-refractivity contribution in [2.24, 2.45) is 5.92 Å². The molecular weight excluding hydrogens is 254 g/mol. The van der Waals surface area contributed by atoms with E-state index in [-0.39, 0.29) is 18.7 Å². The van der Waals surface area contributed by atoms with Crippen molar-refractivity contribution in [2.45, 2.75) is 70.9 Å². The summed E-state index contributed by atoms with van der Waals surface area (Å²) in [6.07, 6.45) is 10.5. The molecule has 4 nitrogen and oxygen atoms in total. The van der Waals surface area contributed by atoms with Gasteiger partial charge in [0.05, 0.1) is 12.6 Å². The van der Waals surface area contributed by atoms with E-state index in [9.17, 15) is 4.79 Å². The summed E-state index contributed by atoms with van der Waals surface area (Å²) < 4.78 is 5.29. The maximum Gasteiger partial charge on any atom is 0.408 e. The molecule has 0 aliphatic heterocycles. The van der Waals surface area contributed by atoms with Crippen molar-refractivity contribution in [1.29, 1.82) is 0 Å². The number of carbonyl (C=O) groups is 1. The second-order valence-corrected chi connectivity index (χ2v) is 6.60. The summed E-state index contributed by atoms with van der Waals surface area (Å²) in [5, 5.41) is 11.8. The molecule has 1 aliphatic carbocycles. The molecule has 1 fully saturated rings. The van der Waals surface area contributed by atoms with Crippen molar-refractivity contribution in [3.8, 4) is 0 Å². The van der Waals surface area contributed by atoms with Gasteiger partial charge in [-0.25, -0.2) is 4.79 Å². The molecule has 0 saturated heterocycles. The van der Waals surface area contributed by atoms with E-state index in [1.165, 1.54) is 32.1 Å². The minimum Gasteiger partial charge on any atom is -0.444 e. The Morgan fingerprint density at radius 2 is 2.00 bits per heavy atom. The number of hydrogen-bond acceptors (Lipinski definition) is 3. The summed E-state index contributed by atoms with van der Waals surface area (Å²) in [5.41, 5.74) is -0.486. The largest absolute Gasteiger partial charge is 0.444 e. The number of ether oxygens (including phenoxy) is 1. The summed E-state index contributed by atoms with van der Waals surface area (Å²) in [6, 6.07) is -0.0555. The summed E-state index contributed by atoms with van der Waals surface area (Å²) in [5.74, 6) is 0.659. The summed E-state index contributed by atoms with van der Waals surface area (Å²) >= 11 is 0. The predicted octanol–water partition coefficient (Wildman–Crippen LogP) is 3.40. The van der Waals surface area contributed by atoms with Gasteiger partial charge in [0.1, 0.15) is 5.60 Å². The van der Waals surface area contributed by atoms with E-state index in [1.807, 2.05) is 26.8 Å². The SMILES string of the molecule is CC(C)(C)OC(=O)N[C@H](C=CCO)CC1CCCCC1. The molecule has 1 amide bonds. The molecule has 1 rings (SSSR count). The van der Waals surface area contributed by atoms with Crippen molar-refractivity contribution in [2.75, 3.05) is 6.61 Å². The topological polar surface area (TPSA) is 58.6 Å². The van der Waals surface area contributed by atoms with Crippen LogP contribution < -0.4 is 5.32 Å². The monoisotopic (exact) mass is 283 g/mol. The van der Waals surface area contributed by atoms with Crippen LogP contribution in [0.1, 0.15) is 59.3 Å². The van der Waals surface area contributed by atoms with Crippen molar-refractivity contribution in [3.63, 3.8) is 0 Å². The molecule has 116 valence electrons. The normalized spacial score (nSPS) is 19.0. The smallest absolute Gasteiger partial charge is 0.408 e. The lowest BCUT2D eigenvalue weighted by molar-refractivity contribution is 0.0507. The number of aliphatic hydroxyl groups is 1. The molecule has 1 saturated carbocycles. The minimum absolute atomic E-state index is 0.00281. The van der Waals surface area contributed by atoms with Crippen LogP contribution in [0, 0.1) is 5.92 Å². The summed E-state index contributed by atoms with van der Waals surface area (Å²) in [7, 11) is 0. The van der Waals surface area contributed by atoms with Gasteiger partial charge in [0.2, 0.25) is 0 Å². The van der Waals surface area contributed by atoms with Crippen molar-refractivity contribution >= 4 is 6.09 Å². The van der Waals surface area contributed by atoms with Crippen LogP contribution in [0.25, 0.3) is 0 Å². The number of alkyl carbamates (subject to hydrolysis) is 1. The van der Waals surface area contributed by atoms with Gasteiger partial charge in [0.25, 0.3) is 0 Å². The molecule has 0 aromatic heterocycles. The Labute approximate surface area is 122 Å². The molecule has 1 aliphatic rings. The van der Waals surface area contributed by atoms with Crippen molar-refractivity contribution in [3.05, 3.63) is 12.2 Å². The second kappa shape index (κ2) is 8.30. The third-order valence-electron chi connectivity index (χ3n) is 3.49. The number of aliphatic hydroxyl groups excluding tert-OH is 1. The highest BCUT2D eigenvalue weighted by molar-refractivity contribution is 5.68. The average molecular weight is 283 g/mol. The van der Waals surface area contributed by atoms with Crippen LogP contribution in [-0.2, 0) is 4.74 Å². The molecule has 0 heterocycles. The van der Waals surface area contributed by atoms with E-state index in [2.05, 4.69) is 5.32 Å². The van der Waals surface area contributed by atoms with E-state index < -0.39 is 5.60 Å². The Morgan fingerprint density at radius 1 is 1.35 bits per heavy atom. The van der Waals surface area contributed by atoms with E-state index in [0.29, 0.717) is 5.92 Å². The summed E-state index contributed by atoms with van der Waals surface area (Å²) in [4.78, 5) is 11.8. The lowest BCUT2D eigenvalue weighted by Crippen LogP contribution is -2.39. The fraction of sp³-hybridized carbons (Fsp3) is 0.812. The van der Waals surface area contributed by atoms with Crippen molar-refractivity contribution in [1.82, 2.24) is 5.32 Å². The van der Waals surface area contributed by atoms with Gasteiger partial charge in [0.15, 0.2) is 0 Å². The van der Waals surface area contributed by atoms with Gasteiger partial charge in [0, 0.05) is 0 Å². The number of amides is 1. The van der Waals surface area contributed by atoms with Crippen LogP contribution in [0.5, 0.6) is 0 Å². The maximum absolute atomic E-state index is 11.8. The first-order valence-corrected chi connectivity index (χ1v) is 7.68. The Balaban J connectivity index is 2.50. The number of hydrogen-bond donors (Lipinski definition) is 2. The Bertz CT molecular complexity index is 314. The molecule has 0 aromatic rings. The highest BCUT2D eigenvalue weighted by Crippen LogP contribution is 2.27. The van der Waals surface area contributed by atoms with Crippen LogP contribution in [0.3, 0.4) is 0 Å². The van der Waals surface area contributed by atoms with E-state index in [0.717, 1.165) is 6.42 Å². The number of carbonyl (C=O) groups excluding carboxylic acids is 1. The fourth-order valence-corrected chi connectivity index (χ4v) is 2.65. The molecule has 0 radical (unpaired) electrons. The third-order valence-corrected chi connectivity index (χ3v) is 3.49. The van der Waals surface area contributed by atoms with Gasteiger partial charge >= 0.3 is 6.09 Å². The Kier molecular flexibility index (Phi) is 7.06. The first-order valence-electron chi connectivity index (χ1n) is 7.68. The molecule has 0 unspecified atom stereocenters. The number of nitrogens with one attached hydrogen (secondary N) is 1. The van der Waals surface area contributed by atoms with Crippen LogP contribution in [0.2, 0.25) is 0 Å². The quantitative estimate of drug-likeness (QED) is 0.760. The van der Waals surface area contributed by atoms with Gasteiger partial charge in [-0.3, -0.25) is 0 Å². The lowest BCUT2D eigenvalue weighted by Gasteiger charge is -2.27.